The highest BCUT2D eigenvalue weighted by atomic mass is 16.5. The summed E-state index contributed by atoms with van der Waals surface area (Å²) >= 11 is 0. The standard InChI is InChI=1S/C17H26N2O2/c1-3-4-16-12-15(9-10-21-16)19-14-7-5-13(6-8-14)11-17(20)18-2/h5-8,15-16,19H,3-4,9-12H2,1-2H3,(H,18,20). The molecule has 0 radical (unpaired) electrons. The first-order valence-electron chi connectivity index (χ1n) is 7.89. The monoisotopic (exact) mass is 290 g/mol. The predicted octanol–water partition coefficient (Wildman–Crippen LogP) is 2.73. The summed E-state index contributed by atoms with van der Waals surface area (Å²) < 4.78 is 5.78. The molecule has 116 valence electrons. The number of benzene rings is 1. The number of anilines is 1. The molecule has 0 aliphatic carbocycles. The van der Waals surface area contributed by atoms with Crippen molar-refractivity contribution in [3.63, 3.8) is 0 Å². The fourth-order valence-corrected chi connectivity index (χ4v) is 2.76. The zero-order valence-corrected chi connectivity index (χ0v) is 13.0. The number of rotatable bonds is 6. The van der Waals surface area contributed by atoms with Crippen LogP contribution in [0.5, 0.6) is 0 Å². The molecular weight excluding hydrogens is 264 g/mol. The van der Waals surface area contributed by atoms with Crippen molar-refractivity contribution < 1.29 is 9.53 Å². The summed E-state index contributed by atoms with van der Waals surface area (Å²) in [7, 11) is 1.66. The lowest BCUT2D eigenvalue weighted by Gasteiger charge is -2.30. The Morgan fingerprint density at radius 2 is 2.10 bits per heavy atom. The Hall–Kier alpha value is -1.55. The van der Waals surface area contributed by atoms with Crippen molar-refractivity contribution in [2.24, 2.45) is 0 Å². The Balaban J connectivity index is 1.86. The molecular formula is C17H26N2O2. The summed E-state index contributed by atoms with van der Waals surface area (Å²) in [6.07, 6.45) is 5.28. The van der Waals surface area contributed by atoms with Gasteiger partial charge in [-0.3, -0.25) is 4.79 Å². The highest BCUT2D eigenvalue weighted by Crippen LogP contribution is 2.21. The molecule has 0 saturated carbocycles. The van der Waals surface area contributed by atoms with Crippen LogP contribution in [-0.4, -0.2) is 31.7 Å². The van der Waals surface area contributed by atoms with Gasteiger partial charge in [0.25, 0.3) is 0 Å². The van der Waals surface area contributed by atoms with Gasteiger partial charge in [-0.15, -0.1) is 0 Å². The number of amides is 1. The number of hydrogen-bond donors (Lipinski definition) is 2. The zero-order chi connectivity index (χ0) is 15.1. The first-order chi connectivity index (χ1) is 10.2. The lowest BCUT2D eigenvalue weighted by atomic mass is 9.99. The van der Waals surface area contributed by atoms with Crippen LogP contribution < -0.4 is 10.6 Å². The number of ether oxygens (including phenoxy) is 1. The first kappa shape index (κ1) is 15.8. The summed E-state index contributed by atoms with van der Waals surface area (Å²) in [6, 6.07) is 8.63. The average Bonchev–Trinajstić information content (AvgIpc) is 2.50. The minimum absolute atomic E-state index is 0.0440. The van der Waals surface area contributed by atoms with E-state index in [0.29, 0.717) is 18.6 Å². The van der Waals surface area contributed by atoms with Crippen LogP contribution in [0.3, 0.4) is 0 Å². The van der Waals surface area contributed by atoms with Gasteiger partial charge in [0.05, 0.1) is 12.5 Å². The van der Waals surface area contributed by atoms with E-state index >= 15 is 0 Å². The van der Waals surface area contributed by atoms with E-state index in [-0.39, 0.29) is 5.91 Å². The van der Waals surface area contributed by atoms with E-state index in [9.17, 15) is 4.79 Å². The zero-order valence-electron chi connectivity index (χ0n) is 13.0. The van der Waals surface area contributed by atoms with Gasteiger partial charge in [0.1, 0.15) is 0 Å². The van der Waals surface area contributed by atoms with Crippen LogP contribution in [0.1, 0.15) is 38.2 Å². The van der Waals surface area contributed by atoms with Gasteiger partial charge in [-0.2, -0.15) is 0 Å². The summed E-state index contributed by atoms with van der Waals surface area (Å²) in [5.74, 6) is 0.0440. The molecule has 1 fully saturated rings. The van der Waals surface area contributed by atoms with Crippen molar-refractivity contribution in [1.29, 1.82) is 0 Å². The Labute approximate surface area is 127 Å². The Morgan fingerprint density at radius 1 is 1.33 bits per heavy atom. The van der Waals surface area contributed by atoms with E-state index in [1.54, 1.807) is 7.05 Å². The van der Waals surface area contributed by atoms with Gasteiger partial charge >= 0.3 is 0 Å². The maximum atomic E-state index is 11.3. The van der Waals surface area contributed by atoms with Crippen molar-refractivity contribution in [2.45, 2.75) is 51.2 Å². The van der Waals surface area contributed by atoms with Crippen molar-refractivity contribution in [3.05, 3.63) is 29.8 Å². The normalized spacial score (nSPS) is 21.8. The second kappa shape index (κ2) is 8.03. The SMILES string of the molecule is CCCC1CC(Nc2ccc(CC(=O)NC)cc2)CCO1. The van der Waals surface area contributed by atoms with Crippen molar-refractivity contribution in [2.75, 3.05) is 19.0 Å². The van der Waals surface area contributed by atoms with Gasteiger partial charge in [0, 0.05) is 25.4 Å². The summed E-state index contributed by atoms with van der Waals surface area (Å²) in [4.78, 5) is 11.3. The lowest BCUT2D eigenvalue weighted by molar-refractivity contribution is -0.119. The molecule has 0 spiro atoms. The van der Waals surface area contributed by atoms with Crippen LogP contribution in [-0.2, 0) is 16.0 Å². The molecule has 21 heavy (non-hydrogen) atoms. The molecule has 1 saturated heterocycles. The largest absolute Gasteiger partial charge is 0.382 e. The van der Waals surface area contributed by atoms with Crippen LogP contribution in [0.25, 0.3) is 0 Å². The number of carbonyl (C=O) groups is 1. The molecule has 2 N–H and O–H groups in total. The van der Waals surface area contributed by atoms with Gasteiger partial charge in [-0.1, -0.05) is 25.5 Å². The summed E-state index contributed by atoms with van der Waals surface area (Å²) in [6.45, 7) is 3.04. The Kier molecular flexibility index (Phi) is 6.05. The van der Waals surface area contributed by atoms with Crippen molar-refractivity contribution in [3.8, 4) is 0 Å². The highest BCUT2D eigenvalue weighted by molar-refractivity contribution is 5.78. The third-order valence-corrected chi connectivity index (χ3v) is 3.95. The van der Waals surface area contributed by atoms with Gasteiger partial charge in [0.15, 0.2) is 0 Å². The lowest BCUT2D eigenvalue weighted by Crippen LogP contribution is -2.33. The third kappa shape index (κ3) is 5.05. The molecule has 0 bridgehead atoms. The summed E-state index contributed by atoms with van der Waals surface area (Å²) in [5.41, 5.74) is 2.16. The van der Waals surface area contributed by atoms with Gasteiger partial charge < -0.3 is 15.4 Å². The quantitative estimate of drug-likeness (QED) is 0.847. The molecule has 2 rings (SSSR count). The number of likely N-dealkylation sites (N-methyl/N-ethyl adjacent to an activating group) is 1. The molecule has 1 heterocycles. The minimum atomic E-state index is 0.0440. The molecule has 1 aromatic rings. The molecule has 1 aliphatic heterocycles. The van der Waals surface area contributed by atoms with Crippen LogP contribution in [0, 0.1) is 0 Å². The van der Waals surface area contributed by atoms with E-state index in [2.05, 4.69) is 29.7 Å². The maximum absolute atomic E-state index is 11.3. The molecule has 1 amide bonds. The molecule has 2 atom stereocenters. The second-order valence-corrected chi connectivity index (χ2v) is 5.69. The van der Waals surface area contributed by atoms with Gasteiger partial charge in [-0.05, 0) is 37.0 Å². The third-order valence-electron chi connectivity index (χ3n) is 3.95. The van der Waals surface area contributed by atoms with E-state index in [4.69, 9.17) is 4.74 Å². The molecule has 0 aromatic heterocycles. The fourth-order valence-electron chi connectivity index (χ4n) is 2.76. The van der Waals surface area contributed by atoms with Crippen molar-refractivity contribution >= 4 is 11.6 Å². The molecule has 2 unspecified atom stereocenters. The molecule has 1 aliphatic rings. The molecule has 4 nitrogen and oxygen atoms in total. The Bertz CT molecular complexity index is 443. The topological polar surface area (TPSA) is 50.4 Å². The van der Waals surface area contributed by atoms with Crippen LogP contribution >= 0.6 is 0 Å². The summed E-state index contributed by atoms with van der Waals surface area (Å²) in [5, 5.41) is 6.23. The van der Waals surface area contributed by atoms with Gasteiger partial charge in [0.2, 0.25) is 5.91 Å². The first-order valence-corrected chi connectivity index (χ1v) is 7.89. The van der Waals surface area contributed by atoms with Crippen LogP contribution in [0.2, 0.25) is 0 Å². The van der Waals surface area contributed by atoms with Crippen LogP contribution in [0.15, 0.2) is 24.3 Å². The molecule has 1 aromatic carbocycles. The van der Waals surface area contributed by atoms with Crippen LogP contribution in [0.4, 0.5) is 5.69 Å². The van der Waals surface area contributed by atoms with E-state index < -0.39 is 0 Å². The van der Waals surface area contributed by atoms with E-state index in [1.807, 2.05) is 12.1 Å². The smallest absolute Gasteiger partial charge is 0.224 e. The maximum Gasteiger partial charge on any atom is 0.224 e. The minimum Gasteiger partial charge on any atom is -0.382 e. The predicted molar refractivity (Wildman–Crippen MR) is 85.5 cm³/mol. The molecule has 4 heteroatoms. The fraction of sp³-hybridized carbons (Fsp3) is 0.588. The average molecular weight is 290 g/mol. The highest BCUT2D eigenvalue weighted by Gasteiger charge is 2.21. The van der Waals surface area contributed by atoms with E-state index in [0.717, 1.165) is 37.1 Å². The second-order valence-electron chi connectivity index (χ2n) is 5.69. The van der Waals surface area contributed by atoms with E-state index in [1.165, 1.54) is 6.42 Å². The Morgan fingerprint density at radius 3 is 2.76 bits per heavy atom. The number of hydrogen-bond acceptors (Lipinski definition) is 3. The van der Waals surface area contributed by atoms with Gasteiger partial charge in [-0.25, -0.2) is 0 Å². The number of carbonyl (C=O) groups excluding carboxylic acids is 1. The number of nitrogens with one attached hydrogen (secondary N) is 2. The van der Waals surface area contributed by atoms with Crippen molar-refractivity contribution in [1.82, 2.24) is 5.32 Å².